The maximum absolute atomic E-state index is 15.4. The Labute approximate surface area is 188 Å². The number of alkyl halides is 2. The Kier molecular flexibility index (Phi) is 7.19. The van der Waals surface area contributed by atoms with Gasteiger partial charge in [-0.3, -0.25) is 0 Å². The van der Waals surface area contributed by atoms with Gasteiger partial charge in [0.25, 0.3) is 0 Å². The highest BCUT2D eigenvalue weighted by atomic mass is 19.3. The molecule has 0 saturated carbocycles. The minimum absolute atomic E-state index is 0.0669. The van der Waals surface area contributed by atoms with E-state index in [2.05, 4.69) is 29.9 Å². The molecule has 0 atom stereocenters. The van der Waals surface area contributed by atoms with Gasteiger partial charge < -0.3 is 4.74 Å². The lowest BCUT2D eigenvalue weighted by Gasteiger charge is -2.22. The van der Waals surface area contributed by atoms with Crippen LogP contribution in [0.2, 0.25) is 0 Å². The number of rotatable bonds is 9. The molecule has 4 heteroatoms. The summed E-state index contributed by atoms with van der Waals surface area (Å²) in [5.41, 5.74) is 6.61. The van der Waals surface area contributed by atoms with Crippen LogP contribution in [0.3, 0.4) is 0 Å². The van der Waals surface area contributed by atoms with Gasteiger partial charge in [0.05, 0.1) is 0 Å². The molecule has 3 aromatic carbocycles. The van der Waals surface area contributed by atoms with E-state index in [1.807, 2.05) is 6.07 Å². The smallest absolute Gasteiger partial charge is 0.387 e. The molecule has 0 heterocycles. The molecule has 0 N–H and O–H groups in total. The van der Waals surface area contributed by atoms with E-state index in [1.165, 1.54) is 55.4 Å². The molecule has 4 rings (SSSR count). The Morgan fingerprint density at radius 1 is 0.812 bits per heavy atom. The van der Waals surface area contributed by atoms with Crippen LogP contribution in [0.25, 0.3) is 22.3 Å². The number of hydrogen-bond acceptors (Lipinski definition) is 1. The minimum Gasteiger partial charge on any atom is -0.435 e. The largest absolute Gasteiger partial charge is 0.435 e. The van der Waals surface area contributed by atoms with Crippen molar-refractivity contribution >= 4 is 0 Å². The third-order valence-electron chi connectivity index (χ3n) is 6.31. The third-order valence-corrected chi connectivity index (χ3v) is 6.31. The molecule has 1 aliphatic carbocycles. The zero-order valence-electron chi connectivity index (χ0n) is 18.5. The van der Waals surface area contributed by atoms with E-state index < -0.39 is 6.61 Å². The van der Waals surface area contributed by atoms with E-state index in [-0.39, 0.29) is 11.6 Å². The van der Waals surface area contributed by atoms with Crippen molar-refractivity contribution in [3.63, 3.8) is 0 Å². The number of halogens is 3. The van der Waals surface area contributed by atoms with Crippen molar-refractivity contribution in [2.24, 2.45) is 0 Å². The predicted octanol–water partition coefficient (Wildman–Crippen LogP) is 8.37. The van der Waals surface area contributed by atoms with Crippen LogP contribution < -0.4 is 4.74 Å². The van der Waals surface area contributed by atoms with Crippen LogP contribution >= 0.6 is 0 Å². The highest BCUT2D eigenvalue weighted by Gasteiger charge is 2.22. The molecule has 0 aliphatic heterocycles. The summed E-state index contributed by atoms with van der Waals surface area (Å²) in [7, 11) is 0. The summed E-state index contributed by atoms with van der Waals surface area (Å²) >= 11 is 0. The van der Waals surface area contributed by atoms with E-state index in [4.69, 9.17) is 0 Å². The molecule has 0 radical (unpaired) electrons. The lowest BCUT2D eigenvalue weighted by molar-refractivity contribution is -0.0498. The fraction of sp³-hybridized carbons (Fsp3) is 0.357. The second-order valence-corrected chi connectivity index (χ2v) is 8.51. The van der Waals surface area contributed by atoms with Crippen LogP contribution in [0.1, 0.15) is 55.7 Å². The van der Waals surface area contributed by atoms with Gasteiger partial charge in [-0.1, -0.05) is 75.1 Å². The first-order valence-corrected chi connectivity index (χ1v) is 11.6. The van der Waals surface area contributed by atoms with E-state index in [0.717, 1.165) is 29.5 Å². The number of unbranched alkanes of at least 4 members (excludes halogenated alkanes) is 4. The van der Waals surface area contributed by atoms with E-state index in [9.17, 15) is 8.78 Å². The molecule has 0 amide bonds. The van der Waals surface area contributed by atoms with E-state index >= 15 is 4.39 Å². The average Bonchev–Trinajstić information content (AvgIpc) is 2.79. The summed E-state index contributed by atoms with van der Waals surface area (Å²) < 4.78 is 44.6. The highest BCUT2D eigenvalue weighted by Crippen LogP contribution is 2.39. The van der Waals surface area contributed by atoms with Gasteiger partial charge in [0.1, 0.15) is 11.6 Å². The number of benzene rings is 3. The molecule has 0 saturated heterocycles. The maximum Gasteiger partial charge on any atom is 0.387 e. The zero-order valence-corrected chi connectivity index (χ0v) is 18.5. The van der Waals surface area contributed by atoms with Gasteiger partial charge >= 0.3 is 6.61 Å². The van der Waals surface area contributed by atoms with Crippen LogP contribution in [-0.2, 0) is 19.3 Å². The molecular formula is C28H29F3O. The first kappa shape index (κ1) is 22.4. The lowest BCUT2D eigenvalue weighted by Crippen LogP contribution is -2.08. The van der Waals surface area contributed by atoms with Crippen LogP contribution in [-0.4, -0.2) is 6.61 Å². The quantitative estimate of drug-likeness (QED) is 0.305. The monoisotopic (exact) mass is 438 g/mol. The summed E-state index contributed by atoms with van der Waals surface area (Å²) in [4.78, 5) is 0. The van der Waals surface area contributed by atoms with Crippen LogP contribution in [0.5, 0.6) is 5.75 Å². The molecule has 3 aromatic rings. The van der Waals surface area contributed by atoms with Crippen LogP contribution in [0, 0.1) is 5.82 Å². The fourth-order valence-corrected chi connectivity index (χ4v) is 4.62. The summed E-state index contributed by atoms with van der Waals surface area (Å²) in [6.45, 7) is -0.641. The molecule has 0 bridgehead atoms. The molecule has 0 unspecified atom stereocenters. The summed E-state index contributed by atoms with van der Waals surface area (Å²) in [6.07, 6.45) is 8.95. The van der Waals surface area contributed by atoms with E-state index in [1.54, 1.807) is 18.2 Å². The van der Waals surface area contributed by atoms with Crippen molar-refractivity contribution in [2.75, 3.05) is 0 Å². The Hall–Kier alpha value is -2.75. The van der Waals surface area contributed by atoms with Crippen molar-refractivity contribution < 1.29 is 17.9 Å². The topological polar surface area (TPSA) is 9.23 Å². The maximum atomic E-state index is 15.4. The van der Waals surface area contributed by atoms with Gasteiger partial charge in [-0.15, -0.1) is 0 Å². The molecule has 1 nitrogen and oxygen atoms in total. The Bertz CT molecular complexity index is 1060. The van der Waals surface area contributed by atoms with Crippen LogP contribution in [0.4, 0.5) is 13.2 Å². The van der Waals surface area contributed by atoms with Crippen molar-refractivity contribution in [2.45, 2.75) is 64.9 Å². The molecule has 0 fully saturated rings. The third kappa shape index (κ3) is 5.01. The molecule has 1 aliphatic rings. The van der Waals surface area contributed by atoms with Crippen molar-refractivity contribution in [1.82, 2.24) is 0 Å². The first-order chi connectivity index (χ1) is 15.6. The van der Waals surface area contributed by atoms with Gasteiger partial charge in [-0.05, 0) is 71.2 Å². The molecule has 32 heavy (non-hydrogen) atoms. The number of fused-ring (bicyclic) bond motifs is 3. The van der Waals surface area contributed by atoms with Gasteiger partial charge in [0.2, 0.25) is 0 Å². The number of ether oxygens (including phenoxy) is 1. The Morgan fingerprint density at radius 2 is 1.53 bits per heavy atom. The summed E-state index contributed by atoms with van der Waals surface area (Å²) in [6, 6.07) is 16.5. The normalized spacial score (nSPS) is 12.5. The van der Waals surface area contributed by atoms with Gasteiger partial charge in [0.15, 0.2) is 0 Å². The van der Waals surface area contributed by atoms with Crippen molar-refractivity contribution in [1.29, 1.82) is 0 Å². The minimum atomic E-state index is -2.87. The second-order valence-electron chi connectivity index (χ2n) is 8.51. The Balaban J connectivity index is 1.53. The van der Waals surface area contributed by atoms with E-state index in [0.29, 0.717) is 17.5 Å². The zero-order chi connectivity index (χ0) is 22.5. The Morgan fingerprint density at radius 3 is 2.28 bits per heavy atom. The van der Waals surface area contributed by atoms with Gasteiger partial charge in [-0.25, -0.2) is 4.39 Å². The molecular weight excluding hydrogens is 409 g/mol. The van der Waals surface area contributed by atoms with Gasteiger partial charge in [-0.2, -0.15) is 8.78 Å². The predicted molar refractivity (Wildman–Crippen MR) is 124 cm³/mol. The van der Waals surface area contributed by atoms with Crippen LogP contribution in [0.15, 0.2) is 54.6 Å². The number of hydrogen-bond donors (Lipinski definition) is 0. The van der Waals surface area contributed by atoms with Crippen molar-refractivity contribution in [3.05, 3.63) is 77.1 Å². The summed E-state index contributed by atoms with van der Waals surface area (Å²) in [5, 5.41) is 0. The highest BCUT2D eigenvalue weighted by molar-refractivity contribution is 5.78. The first-order valence-electron chi connectivity index (χ1n) is 11.6. The SMILES string of the molecule is CCCCCCCc1ccc2c(c1)CCc1c-2ccc(-c2ccc(OC(F)F)cc2)c1F. The molecule has 168 valence electrons. The van der Waals surface area contributed by atoms with Gasteiger partial charge in [0, 0.05) is 5.56 Å². The summed E-state index contributed by atoms with van der Waals surface area (Å²) in [5.74, 6) is -0.159. The fourth-order valence-electron chi connectivity index (χ4n) is 4.62. The molecule has 0 spiro atoms. The van der Waals surface area contributed by atoms with Crippen molar-refractivity contribution in [3.8, 4) is 28.0 Å². The number of aryl methyl sites for hydroxylation is 2. The second kappa shape index (κ2) is 10.2. The molecule has 0 aromatic heterocycles. The lowest BCUT2D eigenvalue weighted by atomic mass is 9.82. The standard InChI is InChI=1S/C28H29F3O/c1-2-3-4-5-6-7-19-8-14-23-21(18-19)11-15-26-25(23)17-16-24(27(26)29)20-9-12-22(13-10-20)32-28(30)31/h8-10,12-14,16-18,28H,2-7,11,15H2,1H3. The average molecular weight is 439 g/mol.